The number of aromatic nitrogens is 2. The van der Waals surface area contributed by atoms with E-state index < -0.39 is 0 Å². The van der Waals surface area contributed by atoms with E-state index in [2.05, 4.69) is 20.2 Å². The summed E-state index contributed by atoms with van der Waals surface area (Å²) in [7, 11) is 1.85. The summed E-state index contributed by atoms with van der Waals surface area (Å²) in [6.45, 7) is 5.39. The zero-order valence-corrected chi connectivity index (χ0v) is 22.8. The van der Waals surface area contributed by atoms with Gasteiger partial charge in [-0.05, 0) is 42.8 Å². The Morgan fingerprint density at radius 1 is 1.03 bits per heavy atom. The number of nitrogens with one attached hydrogen (secondary N) is 1. The zero-order valence-electron chi connectivity index (χ0n) is 21.3. The van der Waals surface area contributed by atoms with Crippen molar-refractivity contribution in [2.45, 2.75) is 19.8 Å². The van der Waals surface area contributed by atoms with Gasteiger partial charge in [-0.1, -0.05) is 36.2 Å². The average molecular weight is 554 g/mol. The van der Waals surface area contributed by atoms with E-state index in [4.69, 9.17) is 23.2 Å². The molecule has 2 aliphatic rings. The van der Waals surface area contributed by atoms with E-state index in [1.807, 2.05) is 48.0 Å². The smallest absolute Gasteiger partial charge is 0.265 e. The van der Waals surface area contributed by atoms with Crippen LogP contribution in [0.3, 0.4) is 0 Å². The molecule has 1 saturated heterocycles. The molecular weight excluding hydrogens is 525 g/mol. The van der Waals surface area contributed by atoms with Crippen molar-refractivity contribution < 1.29 is 9.59 Å². The van der Waals surface area contributed by atoms with Gasteiger partial charge in [-0.15, -0.1) is 0 Å². The van der Waals surface area contributed by atoms with Gasteiger partial charge < -0.3 is 20.0 Å². The van der Waals surface area contributed by atoms with Gasteiger partial charge in [-0.25, -0.2) is 4.98 Å². The number of carbonyl (C=O) groups excluding carboxylic acids is 2. The molecule has 3 heterocycles. The molecule has 9 nitrogen and oxygen atoms in total. The van der Waals surface area contributed by atoms with Crippen molar-refractivity contribution in [3.05, 3.63) is 64.3 Å². The molecule has 3 aromatic rings. The van der Waals surface area contributed by atoms with Gasteiger partial charge in [0.05, 0.1) is 22.4 Å². The molecule has 0 unspecified atom stereocenters. The standard InChI is InChI=1S/C27H29Cl2N7O2/c1-3-5-23(37)35-14-12-34(13-15-35)19-10-8-18(9-11-19)31-27-30-16-20-25(32-27)33(2)17-36(26(20)38)24-21(28)6-4-7-22(24)29/h4,6-11,16H,3,5,12-15,17H2,1-2H3,(H,30,31,32). The van der Waals surface area contributed by atoms with Gasteiger partial charge in [-0.2, -0.15) is 4.98 Å². The van der Waals surface area contributed by atoms with Crippen LogP contribution in [0.4, 0.5) is 28.8 Å². The first-order valence-electron chi connectivity index (χ1n) is 12.6. The number of rotatable bonds is 6. The second-order valence-corrected chi connectivity index (χ2v) is 10.2. The minimum atomic E-state index is -0.263. The molecule has 1 N–H and O–H groups in total. The molecule has 1 aromatic heterocycles. The summed E-state index contributed by atoms with van der Waals surface area (Å²) in [5, 5.41) is 4.03. The molecule has 0 aliphatic carbocycles. The third-order valence-corrected chi connectivity index (χ3v) is 7.36. The van der Waals surface area contributed by atoms with Crippen molar-refractivity contribution in [3.63, 3.8) is 0 Å². The second-order valence-electron chi connectivity index (χ2n) is 9.36. The number of hydrogen-bond donors (Lipinski definition) is 1. The molecule has 0 bridgehead atoms. The Kier molecular flexibility index (Phi) is 7.58. The van der Waals surface area contributed by atoms with Crippen LogP contribution in [0.2, 0.25) is 10.0 Å². The first-order chi connectivity index (χ1) is 18.4. The van der Waals surface area contributed by atoms with Crippen LogP contribution in [0.15, 0.2) is 48.7 Å². The Hall–Kier alpha value is -3.56. The Bertz CT molecular complexity index is 1320. The van der Waals surface area contributed by atoms with E-state index in [1.165, 1.54) is 11.1 Å². The minimum absolute atomic E-state index is 0.240. The first kappa shape index (κ1) is 26.1. The van der Waals surface area contributed by atoms with Gasteiger partial charge >= 0.3 is 0 Å². The second kappa shape index (κ2) is 11.0. The molecule has 11 heteroatoms. The van der Waals surface area contributed by atoms with Crippen LogP contribution in [0.1, 0.15) is 30.1 Å². The van der Waals surface area contributed by atoms with Gasteiger partial charge in [0.2, 0.25) is 11.9 Å². The van der Waals surface area contributed by atoms with Crippen molar-refractivity contribution in [2.24, 2.45) is 0 Å². The van der Waals surface area contributed by atoms with E-state index in [0.29, 0.717) is 39.5 Å². The van der Waals surface area contributed by atoms with Crippen LogP contribution in [0.5, 0.6) is 0 Å². The Labute approximate surface area is 232 Å². The lowest BCUT2D eigenvalue weighted by Crippen LogP contribution is -2.48. The van der Waals surface area contributed by atoms with Crippen LogP contribution in [-0.2, 0) is 4.79 Å². The largest absolute Gasteiger partial charge is 0.368 e. The fourth-order valence-corrected chi connectivity index (χ4v) is 5.35. The summed E-state index contributed by atoms with van der Waals surface area (Å²) in [5.74, 6) is 0.896. The number of benzene rings is 2. The molecule has 0 spiro atoms. The maximum absolute atomic E-state index is 13.3. The van der Waals surface area contributed by atoms with Gasteiger partial charge in [0.15, 0.2) is 0 Å². The number of fused-ring (bicyclic) bond motifs is 1. The van der Waals surface area contributed by atoms with Crippen LogP contribution < -0.4 is 20.0 Å². The lowest BCUT2D eigenvalue weighted by atomic mass is 10.2. The topological polar surface area (TPSA) is 84.9 Å². The minimum Gasteiger partial charge on any atom is -0.368 e. The highest BCUT2D eigenvalue weighted by atomic mass is 35.5. The number of anilines is 5. The van der Waals surface area contributed by atoms with Crippen LogP contribution >= 0.6 is 23.2 Å². The molecule has 2 aromatic carbocycles. The quantitative estimate of drug-likeness (QED) is 0.458. The highest BCUT2D eigenvalue weighted by Crippen LogP contribution is 2.37. The molecule has 198 valence electrons. The number of amides is 2. The maximum Gasteiger partial charge on any atom is 0.265 e. The van der Waals surface area contributed by atoms with Crippen LogP contribution in [0, 0.1) is 0 Å². The third-order valence-electron chi connectivity index (χ3n) is 6.75. The van der Waals surface area contributed by atoms with Crippen molar-refractivity contribution in [1.29, 1.82) is 0 Å². The van der Waals surface area contributed by atoms with E-state index >= 15 is 0 Å². The number of halogens is 2. The summed E-state index contributed by atoms with van der Waals surface area (Å²) < 4.78 is 0. The van der Waals surface area contributed by atoms with E-state index in [0.717, 1.165) is 44.0 Å². The molecule has 2 aliphatic heterocycles. The monoisotopic (exact) mass is 553 g/mol. The number of piperazine rings is 1. The normalized spacial score (nSPS) is 15.5. The van der Waals surface area contributed by atoms with E-state index in [9.17, 15) is 9.59 Å². The zero-order chi connectivity index (χ0) is 26.8. The van der Waals surface area contributed by atoms with Crippen molar-refractivity contribution in [3.8, 4) is 0 Å². The van der Waals surface area contributed by atoms with Crippen molar-refractivity contribution in [2.75, 3.05) is 59.9 Å². The third kappa shape index (κ3) is 5.21. The fourth-order valence-electron chi connectivity index (χ4n) is 4.75. The Morgan fingerprint density at radius 2 is 1.71 bits per heavy atom. The summed E-state index contributed by atoms with van der Waals surface area (Å²) in [6, 6.07) is 13.2. The molecule has 5 rings (SSSR count). The maximum atomic E-state index is 13.3. The number of nitrogens with zero attached hydrogens (tertiary/aromatic N) is 6. The van der Waals surface area contributed by atoms with E-state index in [1.54, 1.807) is 18.2 Å². The fraction of sp³-hybridized carbons (Fsp3) is 0.333. The van der Waals surface area contributed by atoms with Crippen LogP contribution in [-0.4, -0.2) is 66.6 Å². The summed E-state index contributed by atoms with van der Waals surface area (Å²) >= 11 is 12.7. The van der Waals surface area contributed by atoms with Crippen molar-refractivity contribution in [1.82, 2.24) is 14.9 Å². The summed E-state index contributed by atoms with van der Waals surface area (Å²) in [4.78, 5) is 42.0. The van der Waals surface area contributed by atoms with Gasteiger partial charge in [0.25, 0.3) is 5.91 Å². The van der Waals surface area contributed by atoms with Crippen LogP contribution in [0.25, 0.3) is 0 Å². The van der Waals surface area contributed by atoms with Gasteiger partial charge in [-0.3, -0.25) is 14.5 Å². The highest BCUT2D eigenvalue weighted by molar-refractivity contribution is 6.40. The molecule has 1 fully saturated rings. The number of hydrogen-bond acceptors (Lipinski definition) is 7. The van der Waals surface area contributed by atoms with Crippen molar-refractivity contribution >= 4 is 63.8 Å². The van der Waals surface area contributed by atoms with E-state index in [-0.39, 0.29) is 18.5 Å². The molecule has 0 radical (unpaired) electrons. The highest BCUT2D eigenvalue weighted by Gasteiger charge is 2.32. The average Bonchev–Trinajstić information content (AvgIpc) is 2.92. The van der Waals surface area contributed by atoms with Gasteiger partial charge in [0, 0.05) is 57.2 Å². The Balaban J connectivity index is 1.26. The molecule has 2 amide bonds. The molecule has 0 atom stereocenters. The van der Waals surface area contributed by atoms with Gasteiger partial charge in [0.1, 0.15) is 11.4 Å². The summed E-state index contributed by atoms with van der Waals surface area (Å²) in [6.07, 6.45) is 3.01. The SMILES string of the molecule is CCCC(=O)N1CCN(c2ccc(Nc3ncc4c(n3)N(C)CN(c3c(Cl)cccc3Cl)C4=O)cc2)CC1. The Morgan fingerprint density at radius 3 is 2.37 bits per heavy atom. The first-order valence-corrected chi connectivity index (χ1v) is 13.3. The number of carbonyl (C=O) groups is 2. The number of para-hydroxylation sites is 1. The molecular formula is C27H29Cl2N7O2. The lowest BCUT2D eigenvalue weighted by molar-refractivity contribution is -0.131. The molecule has 38 heavy (non-hydrogen) atoms. The summed E-state index contributed by atoms with van der Waals surface area (Å²) in [5.41, 5.74) is 2.77. The predicted molar refractivity (Wildman–Crippen MR) is 152 cm³/mol. The lowest BCUT2D eigenvalue weighted by Gasteiger charge is -2.36. The predicted octanol–water partition coefficient (Wildman–Crippen LogP) is 5.03. The molecule has 0 saturated carbocycles.